The van der Waals surface area contributed by atoms with E-state index >= 15 is 0 Å². The molecule has 1 heterocycles. The Hall–Kier alpha value is -2.09. The topological polar surface area (TPSA) is 96.1 Å². The predicted octanol–water partition coefficient (Wildman–Crippen LogP) is -0.106. The van der Waals surface area contributed by atoms with Crippen molar-refractivity contribution in [3.63, 3.8) is 0 Å². The normalized spacial score (nSPS) is 16.0. The second kappa shape index (κ2) is 4.54. The van der Waals surface area contributed by atoms with Crippen molar-refractivity contribution in [3.8, 4) is 0 Å². The van der Waals surface area contributed by atoms with Crippen molar-refractivity contribution in [2.45, 2.75) is 4.90 Å². The third-order valence-corrected chi connectivity index (χ3v) is 3.96. The largest absolute Gasteiger partial charge is 0.399 e. The average Bonchev–Trinajstić information content (AvgIpc) is 2.33. The van der Waals surface area contributed by atoms with E-state index in [4.69, 9.17) is 5.73 Å². The second-order valence-corrected chi connectivity index (χ2v) is 5.94. The Kier molecular flexibility index (Phi) is 3.19. The number of anilines is 2. The van der Waals surface area contributed by atoms with Crippen molar-refractivity contribution in [2.75, 3.05) is 31.3 Å². The Labute approximate surface area is 111 Å². The van der Waals surface area contributed by atoms with E-state index in [9.17, 15) is 13.2 Å². The minimum Gasteiger partial charge on any atom is -0.399 e. The number of nitrogen functional groups attached to an aromatic ring is 1. The van der Waals surface area contributed by atoms with Crippen LogP contribution in [0.3, 0.4) is 0 Å². The van der Waals surface area contributed by atoms with E-state index < -0.39 is 10.0 Å². The molecule has 1 amide bonds. The van der Waals surface area contributed by atoms with Crippen LogP contribution in [-0.2, 0) is 14.8 Å². The van der Waals surface area contributed by atoms with Gasteiger partial charge < -0.3 is 15.5 Å². The van der Waals surface area contributed by atoms with Crippen molar-refractivity contribution >= 4 is 33.6 Å². The van der Waals surface area contributed by atoms with Crippen LogP contribution in [0.15, 0.2) is 27.5 Å². The molecule has 0 atom stereocenters. The van der Waals surface area contributed by atoms with E-state index in [0.717, 1.165) is 6.34 Å². The van der Waals surface area contributed by atoms with Gasteiger partial charge >= 0.3 is 0 Å². The van der Waals surface area contributed by atoms with Gasteiger partial charge in [-0.3, -0.25) is 4.79 Å². The van der Waals surface area contributed by atoms with Crippen LogP contribution in [-0.4, -0.2) is 46.2 Å². The Morgan fingerprint density at radius 1 is 1.42 bits per heavy atom. The zero-order valence-corrected chi connectivity index (χ0v) is 11.4. The van der Waals surface area contributed by atoms with E-state index in [1.165, 1.54) is 15.9 Å². The van der Waals surface area contributed by atoms with Crippen LogP contribution in [0.25, 0.3) is 0 Å². The monoisotopic (exact) mass is 282 g/mol. The van der Waals surface area contributed by atoms with Gasteiger partial charge in [-0.25, -0.2) is 0 Å². The molecule has 1 aliphatic heterocycles. The molecule has 1 aromatic rings. The molecular formula is C11H14N4O3S. The number of likely N-dealkylation sites (N-methyl/N-ethyl adjacent to an activating group) is 1. The lowest BCUT2D eigenvalue weighted by atomic mass is 10.2. The zero-order chi connectivity index (χ0) is 14.2. The maximum absolute atomic E-state index is 11.8. The molecule has 0 radical (unpaired) electrons. The van der Waals surface area contributed by atoms with Crippen molar-refractivity contribution in [3.05, 3.63) is 18.2 Å². The summed E-state index contributed by atoms with van der Waals surface area (Å²) in [4.78, 5) is 14.6. The van der Waals surface area contributed by atoms with E-state index in [-0.39, 0.29) is 17.3 Å². The molecule has 1 aliphatic rings. The summed E-state index contributed by atoms with van der Waals surface area (Å²) in [6.45, 7) is 0.0168. The average molecular weight is 282 g/mol. The number of amides is 1. The van der Waals surface area contributed by atoms with Gasteiger partial charge in [-0.1, -0.05) is 0 Å². The fourth-order valence-corrected chi connectivity index (χ4v) is 2.71. The van der Waals surface area contributed by atoms with Crippen molar-refractivity contribution in [1.82, 2.24) is 4.90 Å². The predicted molar refractivity (Wildman–Crippen MR) is 72.6 cm³/mol. The molecule has 0 saturated carbocycles. The minimum absolute atomic E-state index is 0.0153. The molecule has 0 unspecified atom stereocenters. The molecular weight excluding hydrogens is 268 g/mol. The van der Waals surface area contributed by atoms with Gasteiger partial charge in [-0.05, 0) is 18.2 Å². The van der Waals surface area contributed by atoms with Crippen LogP contribution in [0.1, 0.15) is 0 Å². The lowest BCUT2D eigenvalue weighted by Crippen LogP contribution is -2.38. The highest BCUT2D eigenvalue weighted by Gasteiger charge is 2.26. The van der Waals surface area contributed by atoms with E-state index in [1.807, 2.05) is 0 Å². The fraction of sp³-hybridized carbons (Fsp3) is 0.273. The quantitative estimate of drug-likeness (QED) is 0.764. The number of hydrogen-bond donors (Lipinski definition) is 1. The van der Waals surface area contributed by atoms with Crippen molar-refractivity contribution in [1.29, 1.82) is 0 Å². The van der Waals surface area contributed by atoms with Gasteiger partial charge in [0.15, 0.2) is 0 Å². The molecule has 7 nitrogen and oxygen atoms in total. The summed E-state index contributed by atoms with van der Waals surface area (Å²) in [6.07, 6.45) is 1.15. The summed E-state index contributed by atoms with van der Waals surface area (Å²) in [5, 5.41) is 0. The fourth-order valence-electron chi connectivity index (χ4n) is 1.63. The van der Waals surface area contributed by atoms with Crippen molar-refractivity contribution < 1.29 is 13.2 Å². The molecule has 2 N–H and O–H groups in total. The number of sulfonamides is 1. The van der Waals surface area contributed by atoms with Crippen molar-refractivity contribution in [2.24, 2.45) is 4.40 Å². The number of benzene rings is 1. The lowest BCUT2D eigenvalue weighted by Gasteiger charge is -2.25. The zero-order valence-electron chi connectivity index (χ0n) is 10.6. The van der Waals surface area contributed by atoms with Gasteiger partial charge in [0.2, 0.25) is 5.91 Å². The van der Waals surface area contributed by atoms with Crippen LogP contribution >= 0.6 is 0 Å². The summed E-state index contributed by atoms with van der Waals surface area (Å²) < 4.78 is 27.1. The summed E-state index contributed by atoms with van der Waals surface area (Å²) >= 11 is 0. The highest BCUT2D eigenvalue weighted by atomic mass is 32.2. The maximum atomic E-state index is 11.8. The first-order valence-corrected chi connectivity index (χ1v) is 6.92. The molecule has 0 spiro atoms. The Morgan fingerprint density at radius 2 is 2.11 bits per heavy atom. The highest BCUT2D eigenvalue weighted by Crippen LogP contribution is 2.31. The third kappa shape index (κ3) is 2.53. The molecule has 0 fully saturated rings. The molecule has 19 heavy (non-hydrogen) atoms. The Morgan fingerprint density at radius 3 is 2.74 bits per heavy atom. The molecule has 0 bridgehead atoms. The SMILES string of the molecule is CN(C)C(=O)CN1C=NS(=O)(=O)c2cc(N)ccc21. The summed E-state index contributed by atoms with van der Waals surface area (Å²) in [5.74, 6) is -0.159. The van der Waals surface area contributed by atoms with E-state index in [2.05, 4.69) is 4.40 Å². The Balaban J connectivity index is 2.44. The highest BCUT2D eigenvalue weighted by molar-refractivity contribution is 7.90. The van der Waals surface area contributed by atoms with Gasteiger partial charge in [-0.15, -0.1) is 4.40 Å². The molecule has 0 aliphatic carbocycles. The van der Waals surface area contributed by atoms with Crippen LogP contribution < -0.4 is 10.6 Å². The maximum Gasteiger partial charge on any atom is 0.285 e. The number of rotatable bonds is 2. The first kappa shape index (κ1) is 13.3. The van der Waals surface area contributed by atoms with Crippen LogP contribution in [0.5, 0.6) is 0 Å². The number of hydrogen-bond acceptors (Lipinski definition) is 5. The molecule has 1 aromatic carbocycles. The third-order valence-electron chi connectivity index (χ3n) is 2.70. The first-order valence-electron chi connectivity index (χ1n) is 5.48. The Bertz CT molecular complexity index is 652. The van der Waals surface area contributed by atoms with Gasteiger partial charge in [-0.2, -0.15) is 8.42 Å². The number of nitrogens with zero attached hydrogens (tertiary/aromatic N) is 3. The van der Waals surface area contributed by atoms with Crippen LogP contribution in [0.4, 0.5) is 11.4 Å². The summed E-state index contributed by atoms with van der Waals surface area (Å²) in [6, 6.07) is 4.49. The standard InChI is InChI=1S/C11H14N4O3S/c1-14(2)11(16)6-15-7-13-19(17,18)10-5-8(12)3-4-9(10)15/h3-5,7H,6,12H2,1-2H3. The smallest absolute Gasteiger partial charge is 0.285 e. The van der Waals surface area contributed by atoms with Crippen LogP contribution in [0, 0.1) is 0 Å². The summed E-state index contributed by atoms with van der Waals surface area (Å²) in [5.41, 5.74) is 6.32. The number of carbonyl (C=O) groups is 1. The molecule has 2 rings (SSSR count). The molecule has 8 heteroatoms. The lowest BCUT2D eigenvalue weighted by molar-refractivity contribution is -0.127. The van der Waals surface area contributed by atoms with Gasteiger partial charge in [0.25, 0.3) is 10.0 Å². The molecule has 0 aromatic heterocycles. The van der Waals surface area contributed by atoms with E-state index in [0.29, 0.717) is 11.4 Å². The van der Waals surface area contributed by atoms with Gasteiger partial charge in [0.05, 0.1) is 5.69 Å². The number of nitrogens with two attached hydrogens (primary N) is 1. The van der Waals surface area contributed by atoms with Gasteiger partial charge in [0, 0.05) is 19.8 Å². The summed E-state index contributed by atoms with van der Waals surface area (Å²) in [7, 11) is -0.473. The van der Waals surface area contributed by atoms with Crippen LogP contribution in [0.2, 0.25) is 0 Å². The van der Waals surface area contributed by atoms with Gasteiger partial charge in [0.1, 0.15) is 17.8 Å². The molecule has 102 valence electrons. The second-order valence-electron chi connectivity index (χ2n) is 4.34. The van der Waals surface area contributed by atoms with E-state index in [1.54, 1.807) is 26.2 Å². The molecule has 0 saturated heterocycles. The number of carbonyl (C=O) groups excluding carboxylic acids is 1. The number of fused-ring (bicyclic) bond motifs is 1. The first-order chi connectivity index (χ1) is 8.81. The minimum atomic E-state index is -3.73.